The lowest BCUT2D eigenvalue weighted by molar-refractivity contribution is 0.768. The molecule has 82 valence electrons. The first-order valence-electron chi connectivity index (χ1n) is 4.53. The quantitative estimate of drug-likeness (QED) is 0.643. The lowest BCUT2D eigenvalue weighted by Gasteiger charge is -1.88. The summed E-state index contributed by atoms with van der Waals surface area (Å²) >= 11 is 3.04. The molecule has 0 atom stereocenters. The van der Waals surface area contributed by atoms with Crippen LogP contribution in [0.4, 0.5) is 0 Å². The van der Waals surface area contributed by atoms with Crippen molar-refractivity contribution in [1.29, 1.82) is 0 Å². The largest absolute Gasteiger partial charge is 0.275 e. The van der Waals surface area contributed by atoms with E-state index in [0.29, 0.717) is 0 Å². The van der Waals surface area contributed by atoms with Crippen molar-refractivity contribution in [2.75, 3.05) is 6.26 Å². The number of aromatic nitrogens is 6. The Labute approximate surface area is 99.3 Å². The van der Waals surface area contributed by atoms with Crippen molar-refractivity contribution in [1.82, 2.24) is 29.6 Å². The fourth-order valence-electron chi connectivity index (χ4n) is 1.37. The SMILES string of the molecule is CSc1nnc2sc(-c3cnn(C)c3)nn12. The van der Waals surface area contributed by atoms with E-state index < -0.39 is 0 Å². The normalized spacial score (nSPS) is 11.4. The van der Waals surface area contributed by atoms with Crippen LogP contribution in [0.2, 0.25) is 0 Å². The number of fused-ring (bicyclic) bond motifs is 1. The van der Waals surface area contributed by atoms with Crippen molar-refractivity contribution in [3.8, 4) is 10.6 Å². The van der Waals surface area contributed by atoms with E-state index in [1.165, 1.54) is 23.1 Å². The number of hydrogen-bond acceptors (Lipinski definition) is 6. The Kier molecular flexibility index (Phi) is 2.18. The third-order valence-electron chi connectivity index (χ3n) is 2.10. The maximum Gasteiger partial charge on any atom is 0.235 e. The number of rotatable bonds is 2. The molecule has 3 rings (SSSR count). The number of hydrogen-bond donors (Lipinski definition) is 0. The summed E-state index contributed by atoms with van der Waals surface area (Å²) in [6.07, 6.45) is 5.69. The van der Waals surface area contributed by atoms with Crippen molar-refractivity contribution in [3.05, 3.63) is 12.4 Å². The standard InChI is InChI=1S/C8H8N6S2/c1-13-4-5(3-9-13)6-12-14-7(15-2)10-11-8(14)16-6/h3-4H,1-2H3. The predicted octanol–water partition coefficient (Wildman–Crippen LogP) is 1.31. The Hall–Kier alpha value is -1.41. The highest BCUT2D eigenvalue weighted by Crippen LogP contribution is 2.26. The maximum absolute atomic E-state index is 4.46. The number of thioether (sulfide) groups is 1. The van der Waals surface area contributed by atoms with Gasteiger partial charge in [0.1, 0.15) is 0 Å². The Morgan fingerprint density at radius 1 is 1.38 bits per heavy atom. The Bertz CT molecular complexity index is 636. The van der Waals surface area contributed by atoms with Crippen LogP contribution in [0.3, 0.4) is 0 Å². The minimum atomic E-state index is 0.807. The van der Waals surface area contributed by atoms with Gasteiger partial charge in [-0.3, -0.25) is 4.68 Å². The monoisotopic (exact) mass is 252 g/mol. The summed E-state index contributed by atoms with van der Waals surface area (Å²) in [5.74, 6) is 0. The second-order valence-electron chi connectivity index (χ2n) is 3.19. The van der Waals surface area contributed by atoms with Crippen LogP contribution < -0.4 is 0 Å². The zero-order chi connectivity index (χ0) is 11.1. The molecule has 0 radical (unpaired) electrons. The third-order valence-corrected chi connectivity index (χ3v) is 3.66. The van der Waals surface area contributed by atoms with Gasteiger partial charge in [-0.25, -0.2) is 0 Å². The topological polar surface area (TPSA) is 60.9 Å². The van der Waals surface area contributed by atoms with Crippen LogP contribution >= 0.6 is 23.1 Å². The molecule has 16 heavy (non-hydrogen) atoms. The lowest BCUT2D eigenvalue weighted by Crippen LogP contribution is -1.87. The fraction of sp³-hybridized carbons (Fsp3) is 0.250. The molecule has 0 N–H and O–H groups in total. The van der Waals surface area contributed by atoms with Gasteiger partial charge >= 0.3 is 0 Å². The second-order valence-corrected chi connectivity index (χ2v) is 4.92. The van der Waals surface area contributed by atoms with Crippen molar-refractivity contribution >= 4 is 28.1 Å². The summed E-state index contributed by atoms with van der Waals surface area (Å²) in [5, 5.41) is 18.4. The van der Waals surface area contributed by atoms with E-state index >= 15 is 0 Å². The zero-order valence-electron chi connectivity index (χ0n) is 8.65. The highest BCUT2D eigenvalue weighted by molar-refractivity contribution is 7.98. The van der Waals surface area contributed by atoms with E-state index in [9.17, 15) is 0 Å². The number of nitrogens with zero attached hydrogens (tertiary/aromatic N) is 6. The van der Waals surface area contributed by atoms with Gasteiger partial charge in [0.25, 0.3) is 0 Å². The Morgan fingerprint density at radius 2 is 2.25 bits per heavy atom. The van der Waals surface area contributed by atoms with Gasteiger partial charge in [-0.1, -0.05) is 23.1 Å². The zero-order valence-corrected chi connectivity index (χ0v) is 10.3. The molecule has 3 heterocycles. The van der Waals surface area contributed by atoms with E-state index in [1.807, 2.05) is 19.5 Å². The van der Waals surface area contributed by atoms with Crippen LogP contribution in [0.25, 0.3) is 15.5 Å². The molecule has 0 amide bonds. The molecule has 0 aliphatic heterocycles. The minimum Gasteiger partial charge on any atom is -0.275 e. The highest BCUT2D eigenvalue weighted by Gasteiger charge is 2.12. The second kappa shape index (κ2) is 3.56. The molecule has 0 spiro atoms. The number of aryl methyl sites for hydroxylation is 1. The molecule has 0 saturated heterocycles. The Balaban J connectivity index is 2.15. The van der Waals surface area contributed by atoms with Crippen LogP contribution in [0, 0.1) is 0 Å². The fourth-order valence-corrected chi connectivity index (χ4v) is 2.67. The van der Waals surface area contributed by atoms with E-state index in [4.69, 9.17) is 0 Å². The molecule has 3 aromatic heterocycles. The molecular formula is C8H8N6S2. The van der Waals surface area contributed by atoms with Gasteiger partial charge in [0.05, 0.1) is 11.8 Å². The van der Waals surface area contributed by atoms with Crippen molar-refractivity contribution in [2.45, 2.75) is 5.16 Å². The van der Waals surface area contributed by atoms with Crippen molar-refractivity contribution < 1.29 is 0 Å². The molecule has 3 aromatic rings. The molecule has 0 fully saturated rings. The first kappa shape index (κ1) is 9.79. The maximum atomic E-state index is 4.46. The minimum absolute atomic E-state index is 0.807. The molecule has 0 bridgehead atoms. The lowest BCUT2D eigenvalue weighted by atomic mass is 10.4. The molecular weight excluding hydrogens is 244 g/mol. The predicted molar refractivity (Wildman–Crippen MR) is 62.6 cm³/mol. The molecule has 0 aromatic carbocycles. The van der Waals surface area contributed by atoms with E-state index in [-0.39, 0.29) is 0 Å². The summed E-state index contributed by atoms with van der Waals surface area (Å²) < 4.78 is 3.52. The third kappa shape index (κ3) is 1.41. The smallest absolute Gasteiger partial charge is 0.235 e. The summed E-state index contributed by atoms with van der Waals surface area (Å²) in [5.41, 5.74) is 1.00. The molecule has 0 aliphatic rings. The van der Waals surface area contributed by atoms with Gasteiger partial charge in [-0.05, 0) is 6.26 Å². The first-order chi connectivity index (χ1) is 7.78. The van der Waals surface area contributed by atoms with Gasteiger partial charge in [0.2, 0.25) is 10.1 Å². The van der Waals surface area contributed by atoms with E-state index in [2.05, 4.69) is 20.4 Å². The van der Waals surface area contributed by atoms with Crippen molar-refractivity contribution in [2.24, 2.45) is 7.05 Å². The molecule has 0 saturated carbocycles. The first-order valence-corrected chi connectivity index (χ1v) is 6.57. The Morgan fingerprint density at radius 3 is 2.94 bits per heavy atom. The average Bonchev–Trinajstić information content (AvgIpc) is 2.90. The summed E-state index contributed by atoms with van der Waals surface area (Å²) in [4.78, 5) is 0.809. The van der Waals surface area contributed by atoms with Gasteiger partial charge in [0.15, 0.2) is 5.01 Å². The summed E-state index contributed by atoms with van der Waals surface area (Å²) in [6.45, 7) is 0. The van der Waals surface area contributed by atoms with E-state index in [0.717, 1.165) is 20.7 Å². The van der Waals surface area contributed by atoms with E-state index in [1.54, 1.807) is 15.4 Å². The van der Waals surface area contributed by atoms with Crippen molar-refractivity contribution in [3.63, 3.8) is 0 Å². The molecule has 0 unspecified atom stereocenters. The van der Waals surface area contributed by atoms with Gasteiger partial charge in [-0.2, -0.15) is 14.7 Å². The van der Waals surface area contributed by atoms with Gasteiger partial charge in [0, 0.05) is 13.2 Å². The molecule has 0 aliphatic carbocycles. The highest BCUT2D eigenvalue weighted by atomic mass is 32.2. The summed E-state index contributed by atoms with van der Waals surface area (Å²) in [7, 11) is 1.89. The molecule has 8 heteroatoms. The molecule has 6 nitrogen and oxygen atoms in total. The van der Waals surface area contributed by atoms with Crippen LogP contribution in [-0.2, 0) is 7.05 Å². The van der Waals surface area contributed by atoms with Gasteiger partial charge in [-0.15, -0.1) is 10.2 Å². The summed E-state index contributed by atoms with van der Waals surface area (Å²) in [6, 6.07) is 0. The van der Waals surface area contributed by atoms with Crippen LogP contribution in [0.5, 0.6) is 0 Å². The van der Waals surface area contributed by atoms with Crippen LogP contribution in [-0.4, -0.2) is 35.8 Å². The van der Waals surface area contributed by atoms with Crippen LogP contribution in [0.1, 0.15) is 0 Å². The van der Waals surface area contributed by atoms with Gasteiger partial charge < -0.3 is 0 Å². The van der Waals surface area contributed by atoms with Crippen LogP contribution in [0.15, 0.2) is 17.6 Å². The average molecular weight is 252 g/mol.